The zero-order valence-electron chi connectivity index (χ0n) is 11.5. The third kappa shape index (κ3) is 3.22. The number of benzene rings is 1. The molecule has 20 heavy (non-hydrogen) atoms. The van der Waals surface area contributed by atoms with E-state index in [0.29, 0.717) is 22.9 Å². The van der Waals surface area contributed by atoms with E-state index >= 15 is 0 Å². The van der Waals surface area contributed by atoms with Gasteiger partial charge >= 0.3 is 0 Å². The summed E-state index contributed by atoms with van der Waals surface area (Å²) in [5.74, 6) is 0.521. The Morgan fingerprint density at radius 3 is 2.35 bits per heavy atom. The van der Waals surface area contributed by atoms with Gasteiger partial charge in [0.15, 0.2) is 0 Å². The van der Waals surface area contributed by atoms with Gasteiger partial charge in [-0.15, -0.1) is 0 Å². The second-order valence-electron chi connectivity index (χ2n) is 4.85. The summed E-state index contributed by atoms with van der Waals surface area (Å²) in [5.41, 5.74) is 1.03. The number of thioether (sulfide) groups is 1. The Morgan fingerprint density at radius 1 is 1.20 bits per heavy atom. The highest BCUT2D eigenvalue weighted by Crippen LogP contribution is 2.23. The Morgan fingerprint density at radius 2 is 1.80 bits per heavy atom. The number of nitrogens with zero attached hydrogens (tertiary/aromatic N) is 1. The van der Waals surface area contributed by atoms with Crippen LogP contribution < -0.4 is 0 Å². The van der Waals surface area contributed by atoms with E-state index in [1.54, 1.807) is 36.0 Å². The first-order chi connectivity index (χ1) is 9.65. The minimum Gasteiger partial charge on any atom is -0.396 e. The van der Waals surface area contributed by atoms with Crippen LogP contribution in [0.4, 0.5) is 0 Å². The van der Waals surface area contributed by atoms with E-state index in [-0.39, 0.29) is 18.4 Å². The average Bonchev–Trinajstić information content (AvgIpc) is 2.69. The first-order valence-electron chi connectivity index (χ1n) is 6.83. The molecule has 0 bridgehead atoms. The van der Waals surface area contributed by atoms with Crippen molar-refractivity contribution in [2.75, 3.05) is 18.9 Å². The number of rotatable bonds is 7. The van der Waals surface area contributed by atoms with Crippen molar-refractivity contribution < 1.29 is 14.7 Å². The van der Waals surface area contributed by atoms with Crippen LogP contribution >= 0.6 is 11.8 Å². The molecule has 4 nitrogen and oxygen atoms in total. The number of carbonyl (C=O) groups is 2. The highest BCUT2D eigenvalue weighted by atomic mass is 32.2. The number of aliphatic hydroxyl groups excluding tert-OH is 1. The number of aliphatic hydroxyl groups is 1. The third-order valence-corrected chi connectivity index (χ3v) is 4.67. The fourth-order valence-corrected chi connectivity index (χ4v) is 3.18. The van der Waals surface area contributed by atoms with Crippen LogP contribution in [-0.4, -0.2) is 46.0 Å². The van der Waals surface area contributed by atoms with Crippen molar-refractivity contribution in [2.24, 2.45) is 0 Å². The predicted molar refractivity (Wildman–Crippen MR) is 80.0 cm³/mol. The lowest BCUT2D eigenvalue weighted by Crippen LogP contribution is -2.31. The molecule has 0 fully saturated rings. The minimum atomic E-state index is -0.181. The first kappa shape index (κ1) is 15.1. The summed E-state index contributed by atoms with van der Waals surface area (Å²) in [6.45, 7) is 2.74. The molecule has 1 aromatic rings. The molecular formula is C15H19NO3S. The van der Waals surface area contributed by atoms with Gasteiger partial charge in [-0.1, -0.05) is 19.1 Å². The molecule has 1 heterocycles. The van der Waals surface area contributed by atoms with Crippen LogP contribution in [0, 0.1) is 0 Å². The standard InChI is InChI=1S/C15H19NO3S/c1-11(7-9-17)20-10-4-8-16-14(18)12-5-2-3-6-13(12)15(16)19/h2-3,5-6,11,17H,4,7-10H2,1H3. The maximum absolute atomic E-state index is 12.1. The molecule has 0 saturated heterocycles. The molecule has 0 aliphatic carbocycles. The van der Waals surface area contributed by atoms with Gasteiger partial charge in [-0.2, -0.15) is 11.8 Å². The van der Waals surface area contributed by atoms with Crippen molar-refractivity contribution in [3.05, 3.63) is 35.4 Å². The van der Waals surface area contributed by atoms with Gasteiger partial charge in [-0.05, 0) is 30.7 Å². The summed E-state index contributed by atoms with van der Waals surface area (Å²) >= 11 is 1.76. The van der Waals surface area contributed by atoms with Crippen LogP contribution in [0.2, 0.25) is 0 Å². The summed E-state index contributed by atoms with van der Waals surface area (Å²) in [7, 11) is 0. The van der Waals surface area contributed by atoms with E-state index in [1.165, 1.54) is 4.90 Å². The molecule has 2 rings (SSSR count). The molecule has 0 spiro atoms. The van der Waals surface area contributed by atoms with Crippen LogP contribution in [0.1, 0.15) is 40.5 Å². The predicted octanol–water partition coefficient (Wildman–Crippen LogP) is 2.18. The second-order valence-corrected chi connectivity index (χ2v) is 6.40. The molecule has 1 unspecified atom stereocenters. The second kappa shape index (κ2) is 6.90. The number of fused-ring (bicyclic) bond motifs is 1. The molecule has 1 aromatic carbocycles. The zero-order valence-corrected chi connectivity index (χ0v) is 12.4. The molecule has 0 aromatic heterocycles. The maximum atomic E-state index is 12.1. The topological polar surface area (TPSA) is 57.6 Å². The van der Waals surface area contributed by atoms with Crippen molar-refractivity contribution in [3.8, 4) is 0 Å². The van der Waals surface area contributed by atoms with Crippen molar-refractivity contribution >= 4 is 23.6 Å². The summed E-state index contributed by atoms with van der Waals surface area (Å²) in [4.78, 5) is 25.5. The normalized spacial score (nSPS) is 15.6. The number of amides is 2. The third-order valence-electron chi connectivity index (χ3n) is 3.34. The van der Waals surface area contributed by atoms with Crippen molar-refractivity contribution in [3.63, 3.8) is 0 Å². The lowest BCUT2D eigenvalue weighted by Gasteiger charge is -2.14. The summed E-state index contributed by atoms with van der Waals surface area (Å²) in [6, 6.07) is 6.96. The van der Waals surface area contributed by atoms with Gasteiger partial charge < -0.3 is 5.11 Å². The van der Waals surface area contributed by atoms with Crippen LogP contribution in [-0.2, 0) is 0 Å². The number of hydrogen-bond donors (Lipinski definition) is 1. The molecule has 0 saturated carbocycles. The lowest BCUT2D eigenvalue weighted by molar-refractivity contribution is 0.0655. The SMILES string of the molecule is CC(CCO)SCCCN1C(=O)c2ccccc2C1=O. The van der Waals surface area contributed by atoms with Gasteiger partial charge in [-0.25, -0.2) is 0 Å². The summed E-state index contributed by atoms with van der Waals surface area (Å²) < 4.78 is 0. The highest BCUT2D eigenvalue weighted by Gasteiger charge is 2.34. The largest absolute Gasteiger partial charge is 0.396 e. The fraction of sp³-hybridized carbons (Fsp3) is 0.467. The van der Waals surface area contributed by atoms with Crippen LogP contribution in [0.15, 0.2) is 24.3 Å². The molecule has 2 amide bonds. The molecule has 0 radical (unpaired) electrons. The Labute approximate surface area is 123 Å². The Hall–Kier alpha value is -1.33. The quantitative estimate of drug-likeness (QED) is 0.618. The highest BCUT2D eigenvalue weighted by molar-refractivity contribution is 7.99. The van der Waals surface area contributed by atoms with Gasteiger partial charge in [0.2, 0.25) is 0 Å². The number of imide groups is 1. The van der Waals surface area contributed by atoms with Crippen molar-refractivity contribution in [1.82, 2.24) is 4.90 Å². The van der Waals surface area contributed by atoms with Gasteiger partial charge in [0.25, 0.3) is 11.8 Å². The van der Waals surface area contributed by atoms with Crippen molar-refractivity contribution in [1.29, 1.82) is 0 Å². The zero-order chi connectivity index (χ0) is 14.5. The summed E-state index contributed by atoms with van der Waals surface area (Å²) in [6.07, 6.45) is 1.56. The molecule has 5 heteroatoms. The Kier molecular flexibility index (Phi) is 5.20. The Bertz CT molecular complexity index is 469. The molecule has 108 valence electrons. The fourth-order valence-electron chi connectivity index (χ4n) is 2.21. The maximum Gasteiger partial charge on any atom is 0.261 e. The van der Waals surface area contributed by atoms with Gasteiger partial charge in [-0.3, -0.25) is 14.5 Å². The average molecular weight is 293 g/mol. The molecular weight excluding hydrogens is 274 g/mol. The van der Waals surface area contributed by atoms with Gasteiger partial charge in [0.05, 0.1) is 11.1 Å². The van der Waals surface area contributed by atoms with E-state index in [2.05, 4.69) is 6.92 Å². The first-order valence-corrected chi connectivity index (χ1v) is 7.87. The molecule has 1 aliphatic rings. The van der Waals surface area contributed by atoms with E-state index in [9.17, 15) is 9.59 Å². The van der Waals surface area contributed by atoms with Crippen LogP contribution in [0.3, 0.4) is 0 Å². The van der Waals surface area contributed by atoms with E-state index in [0.717, 1.165) is 18.6 Å². The van der Waals surface area contributed by atoms with Crippen LogP contribution in [0.25, 0.3) is 0 Å². The molecule has 1 N–H and O–H groups in total. The minimum absolute atomic E-state index is 0.181. The lowest BCUT2D eigenvalue weighted by atomic mass is 10.1. The monoisotopic (exact) mass is 293 g/mol. The van der Waals surface area contributed by atoms with E-state index < -0.39 is 0 Å². The van der Waals surface area contributed by atoms with Gasteiger partial charge in [0.1, 0.15) is 0 Å². The smallest absolute Gasteiger partial charge is 0.261 e. The van der Waals surface area contributed by atoms with Crippen LogP contribution in [0.5, 0.6) is 0 Å². The van der Waals surface area contributed by atoms with Crippen molar-refractivity contribution in [2.45, 2.75) is 25.0 Å². The van der Waals surface area contributed by atoms with E-state index in [4.69, 9.17) is 5.11 Å². The van der Waals surface area contributed by atoms with Gasteiger partial charge in [0, 0.05) is 18.4 Å². The number of hydrogen-bond acceptors (Lipinski definition) is 4. The Balaban J connectivity index is 1.84. The molecule has 1 atom stereocenters. The summed E-state index contributed by atoms with van der Waals surface area (Å²) in [5, 5.41) is 9.23. The number of carbonyl (C=O) groups excluding carboxylic acids is 2. The van der Waals surface area contributed by atoms with E-state index in [1.807, 2.05) is 0 Å². The molecule has 1 aliphatic heterocycles.